The van der Waals surface area contributed by atoms with Crippen LogP contribution in [0.4, 0.5) is 5.69 Å². The van der Waals surface area contributed by atoms with Crippen LogP contribution in [0.3, 0.4) is 0 Å². The normalized spacial score (nSPS) is 23.6. The van der Waals surface area contributed by atoms with Crippen LogP contribution in [0.5, 0.6) is 0 Å². The molecule has 1 aliphatic rings. The van der Waals surface area contributed by atoms with Crippen LogP contribution < -0.4 is 5.32 Å². The van der Waals surface area contributed by atoms with Crippen molar-refractivity contribution >= 4 is 23.2 Å². The smallest absolute Gasteiger partial charge is 0.238 e. The Hall–Kier alpha value is -1.10. The average molecular weight is 297 g/mol. The first-order valence-corrected chi connectivity index (χ1v) is 7.24. The summed E-state index contributed by atoms with van der Waals surface area (Å²) in [6, 6.07) is 5.39. The number of piperidine rings is 1. The minimum Gasteiger partial charge on any atom is -0.389 e. The van der Waals surface area contributed by atoms with Crippen molar-refractivity contribution in [1.82, 2.24) is 4.90 Å². The minimum atomic E-state index is -0.686. The highest BCUT2D eigenvalue weighted by Gasteiger charge is 2.29. The quantitative estimate of drug-likeness (QED) is 0.901. The first kappa shape index (κ1) is 15.3. The monoisotopic (exact) mass is 296 g/mol. The summed E-state index contributed by atoms with van der Waals surface area (Å²) >= 11 is 5.89. The van der Waals surface area contributed by atoms with E-state index in [4.69, 9.17) is 11.6 Å². The Morgan fingerprint density at radius 3 is 2.95 bits per heavy atom. The third kappa shape index (κ3) is 4.20. The molecule has 0 radical (unpaired) electrons. The highest BCUT2D eigenvalue weighted by atomic mass is 35.5. The summed E-state index contributed by atoms with van der Waals surface area (Å²) in [5.74, 6) is -0.0619. The van der Waals surface area contributed by atoms with Gasteiger partial charge in [-0.1, -0.05) is 11.6 Å². The second-order valence-corrected chi connectivity index (χ2v) is 6.26. The first-order chi connectivity index (χ1) is 9.35. The van der Waals surface area contributed by atoms with Crippen molar-refractivity contribution in [2.75, 3.05) is 25.0 Å². The van der Waals surface area contributed by atoms with E-state index in [1.807, 2.05) is 30.9 Å². The zero-order valence-corrected chi connectivity index (χ0v) is 12.7. The lowest BCUT2D eigenvalue weighted by Crippen LogP contribution is -2.48. The summed E-state index contributed by atoms with van der Waals surface area (Å²) in [5, 5.41) is 13.6. The topological polar surface area (TPSA) is 52.6 Å². The third-order valence-corrected chi connectivity index (χ3v) is 3.82. The molecule has 1 heterocycles. The first-order valence-electron chi connectivity index (χ1n) is 6.86. The van der Waals surface area contributed by atoms with E-state index in [-0.39, 0.29) is 5.91 Å². The maximum absolute atomic E-state index is 12.1. The Balaban J connectivity index is 1.92. The van der Waals surface area contributed by atoms with Gasteiger partial charge in [-0.15, -0.1) is 0 Å². The van der Waals surface area contributed by atoms with Gasteiger partial charge >= 0.3 is 0 Å². The van der Waals surface area contributed by atoms with Crippen molar-refractivity contribution in [3.63, 3.8) is 0 Å². The van der Waals surface area contributed by atoms with Crippen molar-refractivity contribution < 1.29 is 9.90 Å². The van der Waals surface area contributed by atoms with Gasteiger partial charge in [-0.3, -0.25) is 9.69 Å². The third-order valence-electron chi connectivity index (χ3n) is 3.58. The van der Waals surface area contributed by atoms with E-state index in [1.165, 1.54) is 0 Å². The molecule has 110 valence electrons. The van der Waals surface area contributed by atoms with Crippen LogP contribution in [0.1, 0.15) is 25.3 Å². The molecule has 1 aliphatic heterocycles. The van der Waals surface area contributed by atoms with Crippen LogP contribution in [-0.4, -0.2) is 41.1 Å². The van der Waals surface area contributed by atoms with E-state index in [1.54, 1.807) is 6.07 Å². The van der Waals surface area contributed by atoms with Crippen LogP contribution in [0, 0.1) is 6.92 Å². The number of benzene rings is 1. The number of rotatable bonds is 3. The molecule has 0 aliphatic carbocycles. The van der Waals surface area contributed by atoms with E-state index < -0.39 is 5.60 Å². The fourth-order valence-electron chi connectivity index (χ4n) is 2.62. The number of aliphatic hydroxyl groups is 1. The number of hydrogen-bond donors (Lipinski definition) is 2. The number of hydrogen-bond acceptors (Lipinski definition) is 3. The van der Waals surface area contributed by atoms with Gasteiger partial charge < -0.3 is 10.4 Å². The number of likely N-dealkylation sites (tertiary alicyclic amines) is 1. The molecule has 1 amide bonds. The summed E-state index contributed by atoms with van der Waals surface area (Å²) < 4.78 is 0. The van der Waals surface area contributed by atoms with Crippen molar-refractivity contribution in [2.45, 2.75) is 32.3 Å². The molecule has 1 saturated heterocycles. The second-order valence-electron chi connectivity index (χ2n) is 5.82. The zero-order valence-electron chi connectivity index (χ0n) is 11.9. The Kier molecular flexibility index (Phi) is 4.68. The number of carbonyl (C=O) groups excluding carboxylic acids is 1. The number of nitrogens with one attached hydrogen (secondary N) is 1. The Labute approximate surface area is 124 Å². The Morgan fingerprint density at radius 1 is 1.55 bits per heavy atom. The molecule has 0 aromatic heterocycles. The number of amides is 1. The fourth-order valence-corrected chi connectivity index (χ4v) is 2.85. The molecule has 1 aromatic rings. The number of carbonyl (C=O) groups is 1. The molecule has 0 spiro atoms. The largest absolute Gasteiger partial charge is 0.389 e. The number of β-amino-alcohol motifs (C(OH)–C–C–N with tert-alkyl or cyclic N) is 1. The van der Waals surface area contributed by atoms with Gasteiger partial charge in [-0.2, -0.15) is 0 Å². The van der Waals surface area contributed by atoms with Crippen LogP contribution in [-0.2, 0) is 4.79 Å². The average Bonchev–Trinajstić information content (AvgIpc) is 2.31. The van der Waals surface area contributed by atoms with Gasteiger partial charge in [0.15, 0.2) is 0 Å². The SMILES string of the molecule is Cc1cc(Cl)ccc1NC(=O)CN1CCCC(C)(O)C1. The Morgan fingerprint density at radius 2 is 2.30 bits per heavy atom. The molecule has 20 heavy (non-hydrogen) atoms. The van der Waals surface area contributed by atoms with Gasteiger partial charge in [0, 0.05) is 17.3 Å². The molecule has 2 N–H and O–H groups in total. The number of aryl methyl sites for hydroxylation is 1. The second kappa shape index (κ2) is 6.12. The fraction of sp³-hybridized carbons (Fsp3) is 0.533. The molecule has 4 nitrogen and oxygen atoms in total. The van der Waals surface area contributed by atoms with Crippen LogP contribution >= 0.6 is 11.6 Å². The van der Waals surface area contributed by atoms with Gasteiger partial charge in [-0.05, 0) is 57.0 Å². The molecule has 0 bridgehead atoms. The van der Waals surface area contributed by atoms with Crippen molar-refractivity contribution in [2.24, 2.45) is 0 Å². The van der Waals surface area contributed by atoms with Crippen LogP contribution in [0.2, 0.25) is 5.02 Å². The molecule has 2 rings (SSSR count). The van der Waals surface area contributed by atoms with E-state index in [2.05, 4.69) is 5.32 Å². The number of anilines is 1. The van der Waals surface area contributed by atoms with Gasteiger partial charge in [-0.25, -0.2) is 0 Å². The van der Waals surface area contributed by atoms with Crippen molar-refractivity contribution in [3.8, 4) is 0 Å². The lowest BCUT2D eigenvalue weighted by molar-refractivity contribution is -0.118. The van der Waals surface area contributed by atoms with Gasteiger partial charge in [0.2, 0.25) is 5.91 Å². The maximum Gasteiger partial charge on any atom is 0.238 e. The van der Waals surface area contributed by atoms with E-state index in [0.29, 0.717) is 18.1 Å². The molecule has 1 unspecified atom stereocenters. The van der Waals surface area contributed by atoms with E-state index >= 15 is 0 Å². The predicted octanol–water partition coefficient (Wildman–Crippen LogP) is 2.43. The lowest BCUT2D eigenvalue weighted by atomic mass is 9.95. The molecule has 5 heteroatoms. The summed E-state index contributed by atoms with van der Waals surface area (Å²) in [4.78, 5) is 14.1. The van der Waals surface area contributed by atoms with Crippen LogP contribution in [0.15, 0.2) is 18.2 Å². The molecule has 1 atom stereocenters. The summed E-state index contributed by atoms with van der Waals surface area (Å²) in [6.07, 6.45) is 1.71. The highest BCUT2D eigenvalue weighted by Crippen LogP contribution is 2.21. The Bertz CT molecular complexity index is 503. The van der Waals surface area contributed by atoms with E-state index in [0.717, 1.165) is 30.6 Å². The molecular weight excluding hydrogens is 276 g/mol. The molecular formula is C15H21ClN2O2. The highest BCUT2D eigenvalue weighted by molar-refractivity contribution is 6.30. The summed E-state index contributed by atoms with van der Waals surface area (Å²) in [6.45, 7) is 5.43. The van der Waals surface area contributed by atoms with Gasteiger partial charge in [0.1, 0.15) is 0 Å². The van der Waals surface area contributed by atoms with Crippen molar-refractivity contribution in [3.05, 3.63) is 28.8 Å². The van der Waals surface area contributed by atoms with E-state index in [9.17, 15) is 9.90 Å². The van der Waals surface area contributed by atoms with Gasteiger partial charge in [0.25, 0.3) is 0 Å². The van der Waals surface area contributed by atoms with Crippen molar-refractivity contribution in [1.29, 1.82) is 0 Å². The number of nitrogens with zero attached hydrogens (tertiary/aromatic N) is 1. The molecule has 1 fully saturated rings. The molecule has 0 saturated carbocycles. The predicted molar refractivity (Wildman–Crippen MR) is 81.1 cm³/mol. The standard InChI is InChI=1S/C15H21ClN2O2/c1-11-8-12(16)4-5-13(11)17-14(19)9-18-7-3-6-15(2,20)10-18/h4-5,8,20H,3,6-7,9-10H2,1-2H3,(H,17,19). The van der Waals surface area contributed by atoms with Gasteiger partial charge in [0.05, 0.1) is 12.1 Å². The minimum absolute atomic E-state index is 0.0619. The summed E-state index contributed by atoms with van der Waals surface area (Å²) in [5.41, 5.74) is 1.04. The number of halogens is 1. The summed E-state index contributed by atoms with van der Waals surface area (Å²) in [7, 11) is 0. The maximum atomic E-state index is 12.1. The molecule has 1 aromatic carbocycles. The van der Waals surface area contributed by atoms with Crippen LogP contribution in [0.25, 0.3) is 0 Å². The lowest BCUT2D eigenvalue weighted by Gasteiger charge is -2.36. The zero-order chi connectivity index (χ0) is 14.8.